The van der Waals surface area contributed by atoms with Crippen LogP contribution in [0.1, 0.15) is 0 Å². The van der Waals surface area contributed by atoms with Gasteiger partial charge in [0.15, 0.2) is 17.5 Å². The van der Waals surface area contributed by atoms with E-state index < -0.39 is 0 Å². The van der Waals surface area contributed by atoms with Crippen molar-refractivity contribution in [3.63, 3.8) is 0 Å². The second kappa shape index (κ2) is 10.7. The zero-order valence-electron chi connectivity index (χ0n) is 23.1. The maximum Gasteiger partial charge on any atom is 0.174 e. The summed E-state index contributed by atoms with van der Waals surface area (Å²) in [6, 6.07) is 46.3. The van der Waals surface area contributed by atoms with E-state index >= 15 is 0 Å². The van der Waals surface area contributed by atoms with Crippen molar-refractivity contribution in [3.05, 3.63) is 146 Å². The number of hydrogen-bond donors (Lipinski definition) is 0. The first kappa shape index (κ1) is 25.2. The third kappa shape index (κ3) is 4.86. The molecule has 5 aromatic carbocycles. The molecule has 0 atom stereocenters. The number of fused-ring (bicyclic) bond motifs is 2. The predicted molar refractivity (Wildman–Crippen MR) is 178 cm³/mol. The summed E-state index contributed by atoms with van der Waals surface area (Å²) in [5.74, 6) is 1.97. The van der Waals surface area contributed by atoms with Crippen molar-refractivity contribution in [2.24, 2.45) is 0 Å². The van der Waals surface area contributed by atoms with Crippen molar-refractivity contribution < 1.29 is 0 Å². The van der Waals surface area contributed by atoms with E-state index in [2.05, 4.69) is 132 Å². The van der Waals surface area contributed by atoms with Crippen LogP contribution in [0.15, 0.2) is 146 Å². The Balaban J connectivity index is 1.22. The Bertz CT molecular complexity index is 2180. The number of benzene rings is 5. The lowest BCUT2D eigenvalue weighted by Crippen LogP contribution is -1.99. The highest BCUT2D eigenvalue weighted by Crippen LogP contribution is 2.35. The fourth-order valence-corrected chi connectivity index (χ4v) is 6.45. The molecule has 3 heterocycles. The van der Waals surface area contributed by atoms with Gasteiger partial charge in [0, 0.05) is 28.2 Å². The monoisotopic (exact) mass is 568 g/mol. The van der Waals surface area contributed by atoms with Crippen LogP contribution in [0.4, 0.5) is 0 Å². The van der Waals surface area contributed by atoms with E-state index in [1.165, 1.54) is 26.4 Å². The number of rotatable bonds is 5. The van der Waals surface area contributed by atoms with Gasteiger partial charge in [-0.1, -0.05) is 115 Å². The van der Waals surface area contributed by atoms with Crippen molar-refractivity contribution in [1.29, 1.82) is 0 Å². The standard InChI is InChI=1S/C38H24N4S/c1-3-11-32-26(7-1)9-5-12-33(32)27-16-20-29(21-17-27)37-40-36(28-18-14-25(15-19-28)31-10-6-22-39-24-31)41-38(42-37)35-23-30-8-2-4-13-34(30)43-35/h1-24H. The summed E-state index contributed by atoms with van der Waals surface area (Å²) in [5, 5.41) is 3.65. The van der Waals surface area contributed by atoms with E-state index in [1.54, 1.807) is 17.5 Å². The number of aromatic nitrogens is 4. The van der Waals surface area contributed by atoms with Gasteiger partial charge in [-0.2, -0.15) is 0 Å². The molecule has 0 aliphatic heterocycles. The van der Waals surface area contributed by atoms with E-state index in [0.29, 0.717) is 17.5 Å². The van der Waals surface area contributed by atoms with E-state index in [4.69, 9.17) is 15.0 Å². The number of thiophene rings is 1. The molecule has 0 saturated heterocycles. The SMILES string of the molecule is c1cncc(-c2ccc(-c3nc(-c4ccc(-c5cccc6ccccc56)cc4)nc(-c4cc5ccccc5s4)n3)cc2)c1. The zero-order chi connectivity index (χ0) is 28.6. The average molecular weight is 569 g/mol. The molecule has 0 spiro atoms. The number of hydrogen-bond acceptors (Lipinski definition) is 5. The van der Waals surface area contributed by atoms with Gasteiger partial charge in [-0.3, -0.25) is 4.98 Å². The Morgan fingerprint density at radius 2 is 1.07 bits per heavy atom. The third-order valence-corrected chi connectivity index (χ3v) is 8.78. The summed E-state index contributed by atoms with van der Waals surface area (Å²) in [5.41, 5.74) is 6.42. The molecule has 3 aromatic heterocycles. The third-order valence-electron chi connectivity index (χ3n) is 7.66. The zero-order valence-corrected chi connectivity index (χ0v) is 23.9. The molecule has 0 bridgehead atoms. The Kier molecular flexibility index (Phi) is 6.28. The molecule has 5 heteroatoms. The van der Waals surface area contributed by atoms with Crippen LogP contribution in [0.25, 0.3) is 76.6 Å². The summed E-state index contributed by atoms with van der Waals surface area (Å²) >= 11 is 1.70. The number of nitrogens with zero attached hydrogens (tertiary/aromatic N) is 4. The molecule has 0 amide bonds. The minimum absolute atomic E-state index is 0.647. The molecule has 0 radical (unpaired) electrons. The molecule has 43 heavy (non-hydrogen) atoms. The topological polar surface area (TPSA) is 51.6 Å². The summed E-state index contributed by atoms with van der Waals surface area (Å²) < 4.78 is 1.21. The normalized spacial score (nSPS) is 11.3. The fourth-order valence-electron chi connectivity index (χ4n) is 5.46. The average Bonchev–Trinajstić information content (AvgIpc) is 3.53. The Morgan fingerprint density at radius 3 is 1.79 bits per heavy atom. The van der Waals surface area contributed by atoms with Gasteiger partial charge in [0.25, 0.3) is 0 Å². The molecular weight excluding hydrogens is 545 g/mol. The molecule has 0 aliphatic carbocycles. The van der Waals surface area contributed by atoms with E-state index in [-0.39, 0.29) is 0 Å². The molecule has 0 N–H and O–H groups in total. The highest BCUT2D eigenvalue weighted by atomic mass is 32.1. The molecule has 202 valence electrons. The largest absolute Gasteiger partial charge is 0.264 e. The van der Waals surface area contributed by atoms with E-state index in [9.17, 15) is 0 Å². The minimum atomic E-state index is 0.647. The van der Waals surface area contributed by atoms with Gasteiger partial charge < -0.3 is 0 Å². The maximum absolute atomic E-state index is 4.99. The van der Waals surface area contributed by atoms with Crippen LogP contribution < -0.4 is 0 Å². The van der Waals surface area contributed by atoms with Crippen LogP contribution in [-0.4, -0.2) is 19.9 Å². The van der Waals surface area contributed by atoms with Crippen LogP contribution in [0.2, 0.25) is 0 Å². The summed E-state index contributed by atoms with van der Waals surface area (Å²) in [4.78, 5) is 20.2. The second-order valence-corrected chi connectivity index (χ2v) is 11.5. The maximum atomic E-state index is 4.99. The molecule has 0 aliphatic rings. The van der Waals surface area contributed by atoms with Crippen LogP contribution in [0.3, 0.4) is 0 Å². The lowest BCUT2D eigenvalue weighted by atomic mass is 9.97. The first-order chi connectivity index (χ1) is 21.3. The molecule has 0 unspecified atom stereocenters. The number of pyridine rings is 1. The summed E-state index contributed by atoms with van der Waals surface area (Å²) in [7, 11) is 0. The van der Waals surface area contributed by atoms with Crippen LogP contribution >= 0.6 is 11.3 Å². The van der Waals surface area contributed by atoms with Crippen LogP contribution in [0.5, 0.6) is 0 Å². The first-order valence-corrected chi connectivity index (χ1v) is 14.9. The fraction of sp³-hybridized carbons (Fsp3) is 0. The van der Waals surface area contributed by atoms with Gasteiger partial charge in [-0.05, 0) is 56.6 Å². The Labute approximate surface area is 253 Å². The van der Waals surface area contributed by atoms with E-state index in [1.807, 2.05) is 12.3 Å². The molecule has 8 rings (SSSR count). The van der Waals surface area contributed by atoms with Crippen LogP contribution in [0, 0.1) is 0 Å². The predicted octanol–water partition coefficient (Wildman–Crippen LogP) is 9.97. The molecule has 8 aromatic rings. The lowest BCUT2D eigenvalue weighted by Gasteiger charge is -2.10. The van der Waals surface area contributed by atoms with Crippen molar-refractivity contribution >= 4 is 32.2 Å². The van der Waals surface area contributed by atoms with Crippen molar-refractivity contribution in [3.8, 4) is 55.7 Å². The summed E-state index contributed by atoms with van der Waals surface area (Å²) in [6.45, 7) is 0. The smallest absolute Gasteiger partial charge is 0.174 e. The van der Waals surface area contributed by atoms with Gasteiger partial charge >= 0.3 is 0 Å². The first-order valence-electron chi connectivity index (χ1n) is 14.1. The molecular formula is C38H24N4S. The molecule has 4 nitrogen and oxygen atoms in total. The molecule has 0 saturated carbocycles. The lowest BCUT2D eigenvalue weighted by molar-refractivity contribution is 1.08. The van der Waals surface area contributed by atoms with Crippen molar-refractivity contribution in [2.45, 2.75) is 0 Å². The quantitative estimate of drug-likeness (QED) is 0.207. The molecule has 0 fully saturated rings. The highest BCUT2D eigenvalue weighted by molar-refractivity contribution is 7.22. The van der Waals surface area contributed by atoms with Crippen LogP contribution in [-0.2, 0) is 0 Å². The Morgan fingerprint density at radius 1 is 0.442 bits per heavy atom. The highest BCUT2D eigenvalue weighted by Gasteiger charge is 2.15. The van der Waals surface area contributed by atoms with Crippen molar-refractivity contribution in [1.82, 2.24) is 19.9 Å². The second-order valence-electron chi connectivity index (χ2n) is 10.4. The van der Waals surface area contributed by atoms with Gasteiger partial charge in [0.2, 0.25) is 0 Å². The summed E-state index contributed by atoms with van der Waals surface area (Å²) in [6.07, 6.45) is 3.66. The van der Waals surface area contributed by atoms with E-state index in [0.717, 1.165) is 32.7 Å². The Hall–Kier alpha value is -5.52. The minimum Gasteiger partial charge on any atom is -0.264 e. The van der Waals surface area contributed by atoms with Gasteiger partial charge in [-0.15, -0.1) is 11.3 Å². The van der Waals surface area contributed by atoms with Gasteiger partial charge in [-0.25, -0.2) is 15.0 Å². The van der Waals surface area contributed by atoms with Crippen molar-refractivity contribution in [2.75, 3.05) is 0 Å². The van der Waals surface area contributed by atoms with Gasteiger partial charge in [0.1, 0.15) is 0 Å². The van der Waals surface area contributed by atoms with Gasteiger partial charge in [0.05, 0.1) is 4.88 Å².